The Balaban J connectivity index is 1.20. The summed E-state index contributed by atoms with van der Waals surface area (Å²) in [5.74, 6) is 0. The summed E-state index contributed by atoms with van der Waals surface area (Å²) in [6.45, 7) is 10.3. The first kappa shape index (κ1) is 19.5. The topological polar surface area (TPSA) is 32.3 Å². The highest BCUT2D eigenvalue weighted by Gasteiger charge is 2.19. The minimum Gasteiger partial charge on any atom is -0.299 e. The molecule has 2 aliphatic rings. The van der Waals surface area contributed by atoms with Crippen LogP contribution < -0.4 is 0 Å². The van der Waals surface area contributed by atoms with Gasteiger partial charge < -0.3 is 0 Å². The maximum atomic E-state index is 4.40. The number of aryl methyl sites for hydroxylation is 1. The normalized spacial score (nSPS) is 17.5. The fraction of sp³-hybridized carbons (Fsp3) is 0.583. The predicted octanol–water partition coefficient (Wildman–Crippen LogP) is 4.01. The molecule has 0 fully saturated rings. The Labute approximate surface area is 170 Å². The molecule has 0 saturated heterocycles. The van der Waals surface area contributed by atoms with Crippen molar-refractivity contribution in [2.24, 2.45) is 0 Å². The van der Waals surface area contributed by atoms with Crippen LogP contribution in [0.25, 0.3) is 0 Å². The van der Waals surface area contributed by atoms with Gasteiger partial charge in [-0.1, -0.05) is 24.6 Å². The van der Waals surface area contributed by atoms with Gasteiger partial charge in [0.05, 0.1) is 0 Å². The van der Waals surface area contributed by atoms with Gasteiger partial charge in [-0.15, -0.1) is 0 Å². The number of benzene rings is 1. The molecule has 4 rings (SSSR count). The maximum Gasteiger partial charge on any atom is 0.115 e. The second-order valence-electron chi connectivity index (χ2n) is 8.75. The number of fused-ring (bicyclic) bond motifs is 2. The first-order valence-corrected chi connectivity index (χ1v) is 11.0. The van der Waals surface area contributed by atoms with Crippen LogP contribution in [0.2, 0.25) is 0 Å². The van der Waals surface area contributed by atoms with E-state index in [2.05, 4.69) is 51.8 Å². The van der Waals surface area contributed by atoms with Crippen LogP contribution >= 0.6 is 0 Å². The van der Waals surface area contributed by atoms with Gasteiger partial charge in [0, 0.05) is 56.1 Å². The van der Waals surface area contributed by atoms with Crippen LogP contribution in [0.3, 0.4) is 0 Å². The highest BCUT2D eigenvalue weighted by Crippen LogP contribution is 2.23. The Morgan fingerprint density at radius 3 is 2.79 bits per heavy atom. The standard InChI is InChI=1S/C24H34N4/c1-19(2)28-13-9-21-8-7-20(14-22(21)17-28)6-4-3-5-11-27-12-10-24-23(16-27)15-25-18-26-24/h7-8,14-15,18-19H,3-6,9-13,16-17H2,1-2H3. The van der Waals surface area contributed by atoms with E-state index in [1.54, 1.807) is 17.5 Å². The molecule has 0 atom stereocenters. The van der Waals surface area contributed by atoms with Crippen molar-refractivity contribution in [3.8, 4) is 0 Å². The van der Waals surface area contributed by atoms with Crippen molar-refractivity contribution in [1.29, 1.82) is 0 Å². The van der Waals surface area contributed by atoms with Crippen molar-refractivity contribution in [3.63, 3.8) is 0 Å². The van der Waals surface area contributed by atoms with Crippen molar-refractivity contribution in [2.45, 2.75) is 71.5 Å². The zero-order valence-corrected chi connectivity index (χ0v) is 17.5. The lowest BCUT2D eigenvalue weighted by molar-refractivity contribution is 0.203. The monoisotopic (exact) mass is 378 g/mol. The number of unbranched alkanes of at least 4 members (excludes halogenated alkanes) is 2. The zero-order valence-electron chi connectivity index (χ0n) is 17.5. The lowest BCUT2D eigenvalue weighted by atomic mass is 9.95. The molecule has 0 N–H and O–H groups in total. The van der Waals surface area contributed by atoms with Crippen LogP contribution in [-0.2, 0) is 32.4 Å². The quantitative estimate of drug-likeness (QED) is 0.682. The van der Waals surface area contributed by atoms with Gasteiger partial charge in [0.25, 0.3) is 0 Å². The molecule has 2 aromatic rings. The van der Waals surface area contributed by atoms with Crippen LogP contribution in [0.5, 0.6) is 0 Å². The fourth-order valence-electron chi connectivity index (χ4n) is 4.59. The van der Waals surface area contributed by atoms with E-state index >= 15 is 0 Å². The van der Waals surface area contributed by atoms with Gasteiger partial charge >= 0.3 is 0 Å². The summed E-state index contributed by atoms with van der Waals surface area (Å²) in [5, 5.41) is 0. The minimum absolute atomic E-state index is 0.644. The summed E-state index contributed by atoms with van der Waals surface area (Å²) in [6, 6.07) is 7.87. The van der Waals surface area contributed by atoms with Crippen molar-refractivity contribution >= 4 is 0 Å². The second-order valence-corrected chi connectivity index (χ2v) is 8.75. The summed E-state index contributed by atoms with van der Waals surface area (Å²) in [7, 11) is 0. The van der Waals surface area contributed by atoms with Gasteiger partial charge in [0.2, 0.25) is 0 Å². The molecule has 1 aromatic heterocycles. The largest absolute Gasteiger partial charge is 0.299 e. The molecule has 0 aliphatic carbocycles. The minimum atomic E-state index is 0.644. The van der Waals surface area contributed by atoms with Gasteiger partial charge in [-0.3, -0.25) is 9.80 Å². The van der Waals surface area contributed by atoms with Gasteiger partial charge in [0.1, 0.15) is 6.33 Å². The Hall–Kier alpha value is -1.78. The highest BCUT2D eigenvalue weighted by molar-refractivity contribution is 5.34. The molecule has 0 spiro atoms. The lowest BCUT2D eigenvalue weighted by Crippen LogP contribution is -2.35. The third-order valence-corrected chi connectivity index (χ3v) is 6.42. The van der Waals surface area contributed by atoms with E-state index in [0.29, 0.717) is 6.04 Å². The van der Waals surface area contributed by atoms with Gasteiger partial charge in [-0.05, 0) is 62.8 Å². The van der Waals surface area contributed by atoms with Gasteiger partial charge in [-0.2, -0.15) is 0 Å². The summed E-state index contributed by atoms with van der Waals surface area (Å²) in [4.78, 5) is 13.7. The first-order chi connectivity index (χ1) is 13.7. The van der Waals surface area contributed by atoms with Crippen molar-refractivity contribution in [2.75, 3.05) is 19.6 Å². The molecular weight excluding hydrogens is 344 g/mol. The third kappa shape index (κ3) is 4.79. The van der Waals surface area contributed by atoms with E-state index in [4.69, 9.17) is 0 Å². The molecule has 3 heterocycles. The molecule has 28 heavy (non-hydrogen) atoms. The molecule has 0 radical (unpaired) electrons. The smallest absolute Gasteiger partial charge is 0.115 e. The fourth-order valence-corrected chi connectivity index (χ4v) is 4.59. The first-order valence-electron chi connectivity index (χ1n) is 11.0. The number of hydrogen-bond donors (Lipinski definition) is 0. The van der Waals surface area contributed by atoms with Crippen LogP contribution in [0, 0.1) is 0 Å². The molecule has 2 aliphatic heterocycles. The van der Waals surface area contributed by atoms with Crippen LogP contribution in [0.15, 0.2) is 30.7 Å². The Morgan fingerprint density at radius 1 is 0.964 bits per heavy atom. The number of hydrogen-bond acceptors (Lipinski definition) is 4. The lowest BCUT2D eigenvalue weighted by Gasteiger charge is -2.32. The second kappa shape index (κ2) is 9.15. The Bertz CT molecular complexity index is 786. The number of rotatable bonds is 7. The summed E-state index contributed by atoms with van der Waals surface area (Å²) in [5.41, 5.74) is 7.21. The molecule has 150 valence electrons. The summed E-state index contributed by atoms with van der Waals surface area (Å²) in [6.07, 6.45) is 11.0. The van der Waals surface area contributed by atoms with Gasteiger partial charge in [-0.25, -0.2) is 9.97 Å². The van der Waals surface area contributed by atoms with E-state index in [1.807, 2.05) is 6.20 Å². The molecule has 4 heteroatoms. The zero-order chi connectivity index (χ0) is 19.3. The maximum absolute atomic E-state index is 4.40. The predicted molar refractivity (Wildman–Crippen MR) is 114 cm³/mol. The molecule has 0 unspecified atom stereocenters. The highest BCUT2D eigenvalue weighted by atomic mass is 15.1. The molecule has 0 saturated carbocycles. The SMILES string of the molecule is CC(C)N1CCc2ccc(CCCCCN3CCc4ncncc4C3)cc2C1. The summed E-state index contributed by atoms with van der Waals surface area (Å²) >= 11 is 0. The molecule has 1 aromatic carbocycles. The molecule has 0 bridgehead atoms. The van der Waals surface area contributed by atoms with E-state index < -0.39 is 0 Å². The van der Waals surface area contributed by atoms with Crippen LogP contribution in [-0.4, -0.2) is 45.4 Å². The number of aromatic nitrogens is 2. The molecular formula is C24H34N4. The molecule has 4 nitrogen and oxygen atoms in total. The third-order valence-electron chi connectivity index (χ3n) is 6.42. The van der Waals surface area contributed by atoms with E-state index in [0.717, 1.165) is 26.1 Å². The van der Waals surface area contributed by atoms with Crippen molar-refractivity contribution in [1.82, 2.24) is 19.8 Å². The van der Waals surface area contributed by atoms with E-state index in [-0.39, 0.29) is 0 Å². The Morgan fingerprint density at radius 2 is 1.89 bits per heavy atom. The Kier molecular flexibility index (Phi) is 6.38. The molecule has 0 amide bonds. The van der Waals surface area contributed by atoms with Crippen molar-refractivity contribution in [3.05, 3.63) is 58.7 Å². The summed E-state index contributed by atoms with van der Waals surface area (Å²) < 4.78 is 0. The van der Waals surface area contributed by atoms with E-state index in [1.165, 1.54) is 62.0 Å². The van der Waals surface area contributed by atoms with Crippen LogP contribution in [0.4, 0.5) is 0 Å². The number of nitrogens with zero attached hydrogens (tertiary/aromatic N) is 4. The van der Waals surface area contributed by atoms with Gasteiger partial charge in [0.15, 0.2) is 0 Å². The van der Waals surface area contributed by atoms with Crippen LogP contribution in [0.1, 0.15) is 61.1 Å². The van der Waals surface area contributed by atoms with Crippen molar-refractivity contribution < 1.29 is 0 Å². The average molecular weight is 379 g/mol. The van der Waals surface area contributed by atoms with E-state index in [9.17, 15) is 0 Å². The average Bonchev–Trinajstić information content (AvgIpc) is 2.72.